The van der Waals surface area contributed by atoms with E-state index in [1.165, 1.54) is 0 Å². The molecule has 0 aliphatic heterocycles. The Hall–Kier alpha value is -3.29. The minimum atomic E-state index is -0.708. The lowest BCUT2D eigenvalue weighted by molar-refractivity contribution is -0.0738. The number of aryl methyl sites for hydroxylation is 2. The molecule has 5 rings (SSSR count). The second kappa shape index (κ2) is 7.12. The van der Waals surface area contributed by atoms with E-state index in [-0.39, 0.29) is 5.56 Å². The number of hydrogen-bond donors (Lipinski definition) is 2. The molecule has 0 amide bonds. The lowest BCUT2D eigenvalue weighted by Crippen LogP contribution is -2.58. The van der Waals surface area contributed by atoms with Crippen LogP contribution in [0.25, 0.3) is 33.5 Å². The summed E-state index contributed by atoms with van der Waals surface area (Å²) in [4.78, 5) is 22.4. The van der Waals surface area contributed by atoms with Crippen LogP contribution in [-0.4, -0.2) is 29.8 Å². The van der Waals surface area contributed by atoms with E-state index in [1.807, 2.05) is 67.9 Å². The predicted molar refractivity (Wildman–Crippen MR) is 125 cm³/mol. The maximum absolute atomic E-state index is 13.3. The molecule has 3 heterocycles. The lowest BCUT2D eigenvalue weighted by Gasteiger charge is -2.49. The fraction of sp³-hybridized carbons (Fsp3) is 0.320. The lowest BCUT2D eigenvalue weighted by atomic mass is 9.63. The van der Waals surface area contributed by atoms with Gasteiger partial charge in [-0.25, -0.2) is 4.98 Å². The fourth-order valence-corrected chi connectivity index (χ4v) is 5.14. The van der Waals surface area contributed by atoms with E-state index in [2.05, 4.69) is 9.97 Å². The average molecular weight is 430 g/mol. The number of hydrogen-bond acceptors (Lipinski definition) is 5. The highest BCUT2D eigenvalue weighted by atomic mass is 16.3. The van der Waals surface area contributed by atoms with Crippen molar-refractivity contribution in [3.63, 3.8) is 0 Å². The first kappa shape index (κ1) is 20.6. The second-order valence-electron chi connectivity index (χ2n) is 9.12. The van der Waals surface area contributed by atoms with Crippen LogP contribution in [0.4, 0.5) is 0 Å². The van der Waals surface area contributed by atoms with Gasteiger partial charge in [-0.2, -0.15) is 0 Å². The molecule has 1 aliphatic carbocycles. The van der Waals surface area contributed by atoms with Gasteiger partial charge < -0.3 is 15.4 Å². The molecule has 1 fully saturated rings. The van der Waals surface area contributed by atoms with E-state index < -0.39 is 11.1 Å². The Labute approximate surface area is 186 Å². The molecule has 4 aromatic rings. The molecule has 0 bridgehead atoms. The number of aromatic nitrogens is 4. The zero-order valence-corrected chi connectivity index (χ0v) is 18.5. The van der Waals surface area contributed by atoms with Crippen LogP contribution in [0.3, 0.4) is 0 Å². The second-order valence-corrected chi connectivity index (χ2v) is 9.12. The van der Waals surface area contributed by atoms with Crippen molar-refractivity contribution in [3.8, 4) is 22.5 Å². The normalized spacial score (nSPS) is 22.8. The van der Waals surface area contributed by atoms with Crippen molar-refractivity contribution in [1.29, 1.82) is 0 Å². The molecule has 1 aliphatic rings. The van der Waals surface area contributed by atoms with Gasteiger partial charge in [-0.3, -0.25) is 14.3 Å². The molecule has 7 heteroatoms. The molecule has 1 aromatic carbocycles. The molecule has 3 aromatic heterocycles. The van der Waals surface area contributed by atoms with Gasteiger partial charge in [0.05, 0.1) is 28.7 Å². The molecule has 0 atom stereocenters. The van der Waals surface area contributed by atoms with Gasteiger partial charge in [-0.1, -0.05) is 30.3 Å². The van der Waals surface area contributed by atoms with Gasteiger partial charge in [-0.15, -0.1) is 0 Å². The van der Waals surface area contributed by atoms with Crippen LogP contribution in [0.1, 0.15) is 32.3 Å². The van der Waals surface area contributed by atoms with Gasteiger partial charge in [-0.05, 0) is 49.9 Å². The molecular weight excluding hydrogens is 402 g/mol. The molecule has 0 saturated heterocycles. The van der Waals surface area contributed by atoms with Crippen molar-refractivity contribution in [2.45, 2.75) is 44.4 Å². The minimum absolute atomic E-state index is 0.0748. The molecule has 0 unspecified atom stereocenters. The Morgan fingerprint density at radius 2 is 1.84 bits per heavy atom. The molecule has 3 N–H and O–H groups in total. The van der Waals surface area contributed by atoms with Crippen molar-refractivity contribution in [3.05, 3.63) is 70.9 Å². The molecule has 1 saturated carbocycles. The summed E-state index contributed by atoms with van der Waals surface area (Å²) in [5.74, 6) is 0. The van der Waals surface area contributed by atoms with Crippen molar-refractivity contribution in [2.24, 2.45) is 12.8 Å². The Morgan fingerprint density at radius 3 is 2.44 bits per heavy atom. The SMILES string of the molecule is CCn1cnc2c(c(-c3ccccn3)c(-c3ccc([C@]4(N)C[C@@](C)(O)C4)cc3)n2C)c1=O. The standard InChI is InChI=1S/C25H27N5O2/c1-4-30-15-28-22-20(23(30)31)19(18-7-5-6-12-27-18)21(29(22)3)16-8-10-17(11-9-16)25(26)13-24(2,32)14-25/h5-12,15,32H,4,13-14,26H2,1-3H3/t24-,25+. The summed E-state index contributed by atoms with van der Waals surface area (Å²) < 4.78 is 3.57. The highest BCUT2D eigenvalue weighted by molar-refractivity contribution is 6.01. The van der Waals surface area contributed by atoms with E-state index in [1.54, 1.807) is 17.1 Å². The summed E-state index contributed by atoms with van der Waals surface area (Å²) in [6, 6.07) is 13.8. The third-order valence-electron chi connectivity index (χ3n) is 6.55. The van der Waals surface area contributed by atoms with Gasteiger partial charge in [0.1, 0.15) is 5.65 Å². The van der Waals surface area contributed by atoms with Crippen molar-refractivity contribution < 1.29 is 5.11 Å². The molecule has 0 spiro atoms. The summed E-state index contributed by atoms with van der Waals surface area (Å²) in [7, 11) is 1.92. The van der Waals surface area contributed by atoms with Gasteiger partial charge in [0.2, 0.25) is 0 Å². The number of pyridine rings is 1. The molecular formula is C25H27N5O2. The highest BCUT2D eigenvalue weighted by Gasteiger charge is 2.49. The Balaban J connectivity index is 1.72. The number of fused-ring (bicyclic) bond motifs is 1. The van der Waals surface area contributed by atoms with Crippen molar-refractivity contribution in [2.75, 3.05) is 0 Å². The first-order valence-corrected chi connectivity index (χ1v) is 10.9. The third kappa shape index (κ3) is 3.08. The van der Waals surface area contributed by atoms with Crippen LogP contribution in [0.15, 0.2) is 59.8 Å². The van der Waals surface area contributed by atoms with Crippen molar-refractivity contribution in [1.82, 2.24) is 19.1 Å². The molecule has 164 valence electrons. The quantitative estimate of drug-likeness (QED) is 0.519. The number of rotatable bonds is 4. The summed E-state index contributed by atoms with van der Waals surface area (Å²) in [5.41, 5.74) is 10.2. The van der Waals surface area contributed by atoms with Crippen LogP contribution in [-0.2, 0) is 19.1 Å². The minimum Gasteiger partial charge on any atom is -0.390 e. The third-order valence-corrected chi connectivity index (χ3v) is 6.55. The highest BCUT2D eigenvalue weighted by Crippen LogP contribution is 2.46. The van der Waals surface area contributed by atoms with E-state index in [0.29, 0.717) is 30.4 Å². The van der Waals surface area contributed by atoms with Crippen LogP contribution < -0.4 is 11.3 Å². The van der Waals surface area contributed by atoms with E-state index in [0.717, 1.165) is 28.1 Å². The van der Waals surface area contributed by atoms with Crippen LogP contribution in [0.5, 0.6) is 0 Å². The zero-order chi connectivity index (χ0) is 22.7. The largest absolute Gasteiger partial charge is 0.390 e. The number of aliphatic hydroxyl groups is 1. The number of nitrogens with two attached hydrogens (primary N) is 1. The van der Waals surface area contributed by atoms with Gasteiger partial charge in [0.15, 0.2) is 0 Å². The van der Waals surface area contributed by atoms with Crippen molar-refractivity contribution >= 4 is 11.0 Å². The van der Waals surface area contributed by atoms with Gasteiger partial charge in [0.25, 0.3) is 5.56 Å². The number of nitrogens with zero attached hydrogens (tertiary/aromatic N) is 4. The zero-order valence-electron chi connectivity index (χ0n) is 18.5. The number of benzene rings is 1. The Bertz CT molecular complexity index is 1360. The van der Waals surface area contributed by atoms with E-state index in [9.17, 15) is 9.90 Å². The fourth-order valence-electron chi connectivity index (χ4n) is 5.14. The predicted octanol–water partition coefficient (Wildman–Crippen LogP) is 3.18. The summed E-state index contributed by atoms with van der Waals surface area (Å²) in [6.07, 6.45) is 4.40. The van der Waals surface area contributed by atoms with Crippen LogP contribution >= 0.6 is 0 Å². The maximum atomic E-state index is 13.3. The monoisotopic (exact) mass is 429 g/mol. The molecule has 0 radical (unpaired) electrons. The summed E-state index contributed by atoms with van der Waals surface area (Å²) >= 11 is 0. The topological polar surface area (TPSA) is 99.0 Å². The molecule has 7 nitrogen and oxygen atoms in total. The van der Waals surface area contributed by atoms with E-state index in [4.69, 9.17) is 5.73 Å². The molecule has 32 heavy (non-hydrogen) atoms. The summed E-state index contributed by atoms with van der Waals surface area (Å²) in [5, 5.41) is 10.7. The first-order valence-electron chi connectivity index (χ1n) is 10.9. The summed E-state index contributed by atoms with van der Waals surface area (Å²) in [6.45, 7) is 4.29. The van der Waals surface area contributed by atoms with Crippen LogP contribution in [0.2, 0.25) is 0 Å². The average Bonchev–Trinajstić information content (AvgIpc) is 3.06. The maximum Gasteiger partial charge on any atom is 0.263 e. The smallest absolute Gasteiger partial charge is 0.263 e. The van der Waals surface area contributed by atoms with E-state index >= 15 is 0 Å². The Kier molecular flexibility index (Phi) is 4.58. The van der Waals surface area contributed by atoms with Gasteiger partial charge in [0, 0.05) is 30.9 Å². The van der Waals surface area contributed by atoms with Crippen LogP contribution in [0, 0.1) is 0 Å². The van der Waals surface area contributed by atoms with Gasteiger partial charge >= 0.3 is 0 Å². The Morgan fingerprint density at radius 1 is 1.12 bits per heavy atom. The first-order chi connectivity index (χ1) is 15.2.